The lowest BCUT2D eigenvalue weighted by Crippen LogP contribution is -2.33. The van der Waals surface area contributed by atoms with Crippen LogP contribution in [-0.4, -0.2) is 41.1 Å². The summed E-state index contributed by atoms with van der Waals surface area (Å²) in [6, 6.07) is 0. The lowest BCUT2D eigenvalue weighted by molar-refractivity contribution is 0.295. The minimum atomic E-state index is -3.11. The molecule has 0 rings (SSSR count). The molecule has 0 aromatic carbocycles. The fourth-order valence-electron chi connectivity index (χ4n) is 0.876. The lowest BCUT2D eigenvalue weighted by atomic mass is 10.0. The fourth-order valence-corrected chi connectivity index (χ4v) is 2.63. The van der Waals surface area contributed by atoms with Crippen molar-refractivity contribution in [3.05, 3.63) is 0 Å². The first-order chi connectivity index (χ1) is 6.71. The summed E-state index contributed by atoms with van der Waals surface area (Å²) in [4.78, 5) is 0. The summed E-state index contributed by atoms with van der Waals surface area (Å²) in [6.45, 7) is 3.41. The number of aliphatic hydroxyl groups excluding tert-OH is 1. The Kier molecular flexibility index (Phi) is 6.44. The Morgan fingerprint density at radius 1 is 1.27 bits per heavy atom. The van der Waals surface area contributed by atoms with E-state index in [1.807, 2.05) is 0 Å². The monoisotopic (exact) mass is 277 g/mol. The Bertz CT molecular complexity index is 278. The first-order valence-corrected chi connectivity index (χ1v) is 7.14. The predicted octanol–water partition coefficient (Wildman–Crippen LogP) is 1.56. The quantitative estimate of drug-likeness (QED) is 0.718. The molecule has 92 valence electrons. The number of sulfone groups is 1. The van der Waals surface area contributed by atoms with Crippen LogP contribution >= 0.6 is 23.6 Å². The van der Waals surface area contributed by atoms with E-state index in [0.29, 0.717) is 6.42 Å². The molecule has 7 heteroatoms. The smallest absolute Gasteiger partial charge is 0.150 e. The third kappa shape index (κ3) is 6.58. The molecule has 0 aliphatic heterocycles. The molecule has 0 aromatic rings. The highest BCUT2D eigenvalue weighted by Gasteiger charge is 2.26. The Balaban J connectivity index is 4.15. The molecule has 0 heterocycles. The topological polar surface area (TPSA) is 57.6 Å². The van der Waals surface area contributed by atoms with Crippen molar-refractivity contribution in [1.82, 2.24) is 3.94 Å². The van der Waals surface area contributed by atoms with Gasteiger partial charge < -0.3 is 5.11 Å². The molecule has 0 unspecified atom stereocenters. The lowest BCUT2D eigenvalue weighted by Gasteiger charge is -2.27. The Morgan fingerprint density at radius 3 is 2.20 bits per heavy atom. The van der Waals surface area contributed by atoms with Crippen molar-refractivity contribution in [2.75, 3.05) is 18.1 Å². The highest BCUT2D eigenvalue weighted by atomic mass is 35.5. The predicted molar refractivity (Wildman–Crippen MR) is 62.6 cm³/mol. The summed E-state index contributed by atoms with van der Waals surface area (Å²) in [5, 5.41) is 8.53. The summed E-state index contributed by atoms with van der Waals surface area (Å²) < 4.78 is 23.9. The standard InChI is InChI=1S/C8H17Cl2NO3S/c1-8(2,11(9)10)4-7-15(13,14)6-3-5-12/h12H,3-7H2,1-2H3. The first kappa shape index (κ1) is 15.4. The van der Waals surface area contributed by atoms with E-state index in [-0.39, 0.29) is 24.5 Å². The molecule has 4 nitrogen and oxygen atoms in total. The van der Waals surface area contributed by atoms with Crippen LogP contribution in [0.4, 0.5) is 0 Å². The SMILES string of the molecule is CC(C)(CCS(=O)(=O)CCCO)N(Cl)Cl. The van der Waals surface area contributed by atoms with Gasteiger partial charge in [-0.25, -0.2) is 8.42 Å². The van der Waals surface area contributed by atoms with Crippen molar-refractivity contribution >= 4 is 33.4 Å². The molecular weight excluding hydrogens is 261 g/mol. The average Bonchev–Trinajstić information content (AvgIpc) is 2.12. The van der Waals surface area contributed by atoms with Crippen molar-refractivity contribution in [1.29, 1.82) is 0 Å². The van der Waals surface area contributed by atoms with Crippen molar-refractivity contribution < 1.29 is 13.5 Å². The number of halogens is 2. The minimum Gasteiger partial charge on any atom is -0.396 e. The molecule has 0 radical (unpaired) electrons. The van der Waals surface area contributed by atoms with Crippen LogP contribution in [0.1, 0.15) is 26.7 Å². The van der Waals surface area contributed by atoms with Crippen LogP contribution in [0, 0.1) is 0 Å². The second-order valence-electron chi connectivity index (χ2n) is 4.02. The summed E-state index contributed by atoms with van der Waals surface area (Å²) in [5.41, 5.74) is -0.574. The number of rotatable bonds is 7. The van der Waals surface area contributed by atoms with Crippen LogP contribution in [0.5, 0.6) is 0 Å². The molecule has 1 N–H and O–H groups in total. The van der Waals surface area contributed by atoms with Crippen molar-refractivity contribution in [3.63, 3.8) is 0 Å². The zero-order valence-corrected chi connectivity index (χ0v) is 11.2. The van der Waals surface area contributed by atoms with E-state index in [4.69, 9.17) is 28.7 Å². The van der Waals surface area contributed by atoms with Gasteiger partial charge in [0.1, 0.15) is 9.84 Å². The fraction of sp³-hybridized carbons (Fsp3) is 1.00. The van der Waals surface area contributed by atoms with Gasteiger partial charge >= 0.3 is 0 Å². The van der Waals surface area contributed by atoms with Crippen LogP contribution in [-0.2, 0) is 9.84 Å². The molecule has 0 fully saturated rings. The summed E-state index contributed by atoms with van der Waals surface area (Å²) in [5.74, 6) is 0.0279. The second-order valence-corrected chi connectivity index (χ2v) is 7.18. The largest absolute Gasteiger partial charge is 0.396 e. The van der Waals surface area contributed by atoms with Crippen LogP contribution in [0.2, 0.25) is 0 Å². The maximum absolute atomic E-state index is 11.4. The van der Waals surface area contributed by atoms with Gasteiger partial charge in [-0.2, -0.15) is 0 Å². The van der Waals surface area contributed by atoms with Gasteiger partial charge in [0.25, 0.3) is 0 Å². The van der Waals surface area contributed by atoms with Gasteiger partial charge in [-0.3, -0.25) is 0 Å². The third-order valence-corrected chi connectivity index (χ3v) is 4.75. The number of nitrogens with zero attached hydrogens (tertiary/aromatic N) is 1. The maximum atomic E-state index is 11.4. The van der Waals surface area contributed by atoms with Gasteiger partial charge in [-0.1, -0.05) is 0 Å². The highest BCUT2D eigenvalue weighted by molar-refractivity contribution is 7.91. The zero-order valence-electron chi connectivity index (χ0n) is 8.91. The molecule has 0 spiro atoms. The second kappa shape index (κ2) is 6.25. The van der Waals surface area contributed by atoms with E-state index in [9.17, 15) is 8.42 Å². The van der Waals surface area contributed by atoms with Crippen molar-refractivity contribution in [2.24, 2.45) is 0 Å². The average molecular weight is 278 g/mol. The molecule has 15 heavy (non-hydrogen) atoms. The normalized spacial score (nSPS) is 13.5. The summed E-state index contributed by atoms with van der Waals surface area (Å²) in [6.07, 6.45) is 0.627. The number of hydrogen-bond acceptors (Lipinski definition) is 4. The summed E-state index contributed by atoms with van der Waals surface area (Å²) in [7, 11) is -3.11. The van der Waals surface area contributed by atoms with Crippen molar-refractivity contribution in [2.45, 2.75) is 32.2 Å². The van der Waals surface area contributed by atoms with Gasteiger partial charge in [0.15, 0.2) is 0 Å². The Labute approximate surface area is 101 Å². The van der Waals surface area contributed by atoms with Gasteiger partial charge in [-0.05, 0) is 50.2 Å². The maximum Gasteiger partial charge on any atom is 0.150 e. The molecule has 0 aliphatic carbocycles. The van der Waals surface area contributed by atoms with E-state index in [1.54, 1.807) is 13.8 Å². The number of aliphatic hydroxyl groups is 1. The molecule has 0 bridgehead atoms. The minimum absolute atomic E-state index is 0.00412. The van der Waals surface area contributed by atoms with Crippen LogP contribution in [0.3, 0.4) is 0 Å². The highest BCUT2D eigenvalue weighted by Crippen LogP contribution is 2.24. The van der Waals surface area contributed by atoms with E-state index in [2.05, 4.69) is 0 Å². The van der Waals surface area contributed by atoms with Crippen LogP contribution in [0.25, 0.3) is 0 Å². The Morgan fingerprint density at radius 2 is 1.80 bits per heavy atom. The van der Waals surface area contributed by atoms with Gasteiger partial charge in [0, 0.05) is 12.1 Å². The molecule has 0 atom stereocenters. The first-order valence-electron chi connectivity index (χ1n) is 4.64. The van der Waals surface area contributed by atoms with E-state index < -0.39 is 15.4 Å². The van der Waals surface area contributed by atoms with Gasteiger partial charge in [-0.15, -0.1) is 3.94 Å². The molecule has 0 aromatic heterocycles. The molecule has 0 aliphatic rings. The van der Waals surface area contributed by atoms with Crippen LogP contribution in [0.15, 0.2) is 0 Å². The van der Waals surface area contributed by atoms with Crippen LogP contribution < -0.4 is 0 Å². The third-order valence-electron chi connectivity index (χ3n) is 2.10. The van der Waals surface area contributed by atoms with E-state index in [0.717, 1.165) is 3.94 Å². The van der Waals surface area contributed by atoms with Crippen molar-refractivity contribution in [3.8, 4) is 0 Å². The summed E-state index contributed by atoms with van der Waals surface area (Å²) >= 11 is 11.1. The van der Waals surface area contributed by atoms with E-state index >= 15 is 0 Å². The Hall–Kier alpha value is 0.450. The number of hydrogen-bond donors (Lipinski definition) is 1. The van der Waals surface area contributed by atoms with E-state index in [1.165, 1.54) is 0 Å². The van der Waals surface area contributed by atoms with Gasteiger partial charge in [0.05, 0.1) is 11.5 Å². The van der Waals surface area contributed by atoms with Gasteiger partial charge in [0.2, 0.25) is 0 Å². The molecular formula is C8H17Cl2NO3S. The molecule has 0 saturated carbocycles. The molecule has 0 amide bonds. The molecule has 0 saturated heterocycles. The zero-order chi connectivity index (χ0) is 12.1.